The van der Waals surface area contributed by atoms with E-state index in [1.54, 1.807) is 0 Å². The number of hydrogen-bond donors (Lipinski definition) is 0. The zero-order valence-electron chi connectivity index (χ0n) is 24.1. The lowest BCUT2D eigenvalue weighted by atomic mass is 9.90. The Morgan fingerprint density at radius 1 is 0.550 bits per heavy atom. The molecular weight excluding hydrogens is 484 g/mol. The van der Waals surface area contributed by atoms with Gasteiger partial charge < -0.3 is 0 Å². The van der Waals surface area contributed by atoms with E-state index in [0.717, 1.165) is 40.3 Å². The second-order valence-corrected chi connectivity index (χ2v) is 10.3. The molecule has 0 amide bonds. The maximum Gasteiger partial charge on any atom is 0.0664 e. The van der Waals surface area contributed by atoms with Crippen LogP contribution in [-0.4, -0.2) is 11.4 Å². The predicted molar refractivity (Wildman–Crippen MR) is 173 cm³/mol. The Hall–Kier alpha value is -4.56. The van der Waals surface area contributed by atoms with Crippen molar-refractivity contribution >= 4 is 22.8 Å². The summed E-state index contributed by atoms with van der Waals surface area (Å²) in [6, 6.07) is 40.7. The molecular formula is C38H36N2. The molecule has 5 aromatic carbocycles. The lowest BCUT2D eigenvalue weighted by molar-refractivity contribution is 1.13. The van der Waals surface area contributed by atoms with Crippen LogP contribution in [0, 0.1) is 13.8 Å². The second-order valence-electron chi connectivity index (χ2n) is 10.3. The first kappa shape index (κ1) is 27.0. The van der Waals surface area contributed by atoms with Gasteiger partial charge in [0.1, 0.15) is 0 Å². The summed E-state index contributed by atoms with van der Waals surface area (Å²) < 4.78 is 0. The number of hydrogen-bond acceptors (Lipinski definition) is 2. The summed E-state index contributed by atoms with van der Waals surface area (Å²) in [5.74, 6) is 0. The molecule has 0 aliphatic heterocycles. The van der Waals surface area contributed by atoms with Gasteiger partial charge in [0.2, 0.25) is 0 Å². The summed E-state index contributed by atoms with van der Waals surface area (Å²) in [5.41, 5.74) is 14.8. The van der Waals surface area contributed by atoms with Crippen LogP contribution in [0.1, 0.15) is 48.6 Å². The molecule has 5 rings (SSSR count). The third-order valence-electron chi connectivity index (χ3n) is 7.54. The van der Waals surface area contributed by atoms with Crippen molar-refractivity contribution in [3.05, 3.63) is 143 Å². The zero-order valence-corrected chi connectivity index (χ0v) is 24.1. The van der Waals surface area contributed by atoms with Crippen molar-refractivity contribution < 1.29 is 0 Å². The first-order chi connectivity index (χ1) is 19.4. The lowest BCUT2D eigenvalue weighted by Crippen LogP contribution is -2.00. The third-order valence-corrected chi connectivity index (χ3v) is 7.54. The van der Waals surface area contributed by atoms with Crippen LogP contribution >= 0.6 is 0 Å². The second kappa shape index (κ2) is 12.1. The van der Waals surface area contributed by atoms with Crippen LogP contribution < -0.4 is 0 Å². The van der Waals surface area contributed by atoms with Crippen LogP contribution in [0.4, 0.5) is 11.4 Å². The fourth-order valence-electron chi connectivity index (χ4n) is 5.13. The van der Waals surface area contributed by atoms with Crippen LogP contribution in [0.15, 0.2) is 125 Å². The van der Waals surface area contributed by atoms with Crippen molar-refractivity contribution in [2.75, 3.05) is 0 Å². The van der Waals surface area contributed by atoms with Crippen LogP contribution in [0.5, 0.6) is 0 Å². The molecule has 5 aromatic rings. The van der Waals surface area contributed by atoms with Crippen molar-refractivity contribution in [2.45, 2.75) is 41.0 Å². The van der Waals surface area contributed by atoms with E-state index in [2.05, 4.69) is 144 Å². The maximum atomic E-state index is 5.07. The SMILES string of the molecule is CCc1ccccc1N=C(C)c1ccc(-c2ccc(-c3ccccc3C)c(C(C)=Nc3ccccc3C)c2)cc1. The monoisotopic (exact) mass is 520 g/mol. The van der Waals surface area contributed by atoms with Gasteiger partial charge in [-0.05, 0) is 96.8 Å². The highest BCUT2D eigenvalue weighted by atomic mass is 14.8. The summed E-state index contributed by atoms with van der Waals surface area (Å²) in [4.78, 5) is 10.0. The minimum Gasteiger partial charge on any atom is -0.253 e. The van der Waals surface area contributed by atoms with Crippen LogP contribution in [0.2, 0.25) is 0 Å². The highest BCUT2D eigenvalue weighted by molar-refractivity contribution is 6.07. The predicted octanol–water partition coefficient (Wildman–Crippen LogP) is 10.5. The summed E-state index contributed by atoms with van der Waals surface area (Å²) >= 11 is 0. The molecule has 198 valence electrons. The van der Waals surface area contributed by atoms with Crippen molar-refractivity contribution in [3.8, 4) is 22.3 Å². The van der Waals surface area contributed by atoms with Gasteiger partial charge >= 0.3 is 0 Å². The first-order valence-electron chi connectivity index (χ1n) is 14.0. The minimum absolute atomic E-state index is 0.972. The highest BCUT2D eigenvalue weighted by Gasteiger charge is 2.13. The Morgan fingerprint density at radius 2 is 1.15 bits per heavy atom. The molecule has 0 spiro atoms. The molecule has 0 atom stereocenters. The molecule has 0 fully saturated rings. The van der Waals surface area contributed by atoms with E-state index in [1.165, 1.54) is 38.9 Å². The molecule has 0 radical (unpaired) electrons. The molecule has 0 saturated heterocycles. The molecule has 0 unspecified atom stereocenters. The zero-order chi connectivity index (χ0) is 28.1. The average Bonchev–Trinajstić information content (AvgIpc) is 2.98. The lowest BCUT2D eigenvalue weighted by Gasteiger charge is -2.15. The molecule has 0 N–H and O–H groups in total. The molecule has 0 heterocycles. The van der Waals surface area contributed by atoms with E-state index in [-0.39, 0.29) is 0 Å². The highest BCUT2D eigenvalue weighted by Crippen LogP contribution is 2.33. The fraction of sp³-hybridized carbons (Fsp3) is 0.158. The number of rotatable bonds is 7. The van der Waals surface area contributed by atoms with E-state index >= 15 is 0 Å². The fourth-order valence-corrected chi connectivity index (χ4v) is 5.13. The topological polar surface area (TPSA) is 24.7 Å². The molecule has 0 aromatic heterocycles. The Labute approximate surface area is 238 Å². The number of nitrogens with zero attached hydrogens (tertiary/aromatic N) is 2. The number of para-hydroxylation sites is 2. The normalized spacial score (nSPS) is 12.0. The van der Waals surface area contributed by atoms with Crippen molar-refractivity contribution in [3.63, 3.8) is 0 Å². The van der Waals surface area contributed by atoms with Gasteiger partial charge in [-0.1, -0.05) is 104 Å². The van der Waals surface area contributed by atoms with Gasteiger partial charge in [0, 0.05) is 17.0 Å². The average molecular weight is 521 g/mol. The van der Waals surface area contributed by atoms with Crippen molar-refractivity contribution in [2.24, 2.45) is 9.98 Å². The van der Waals surface area contributed by atoms with Crippen LogP contribution in [0.25, 0.3) is 22.3 Å². The molecule has 0 bridgehead atoms. The Morgan fingerprint density at radius 3 is 1.85 bits per heavy atom. The van der Waals surface area contributed by atoms with Crippen molar-refractivity contribution in [1.82, 2.24) is 0 Å². The molecule has 2 nitrogen and oxygen atoms in total. The van der Waals surface area contributed by atoms with Crippen LogP contribution in [-0.2, 0) is 6.42 Å². The Balaban J connectivity index is 1.54. The number of aliphatic imine (C=N–C) groups is 2. The Bertz CT molecular complexity index is 1700. The summed E-state index contributed by atoms with van der Waals surface area (Å²) in [6.45, 7) is 10.7. The molecule has 0 aliphatic carbocycles. The summed E-state index contributed by atoms with van der Waals surface area (Å²) in [7, 11) is 0. The van der Waals surface area contributed by atoms with Gasteiger partial charge in [-0.25, -0.2) is 0 Å². The minimum atomic E-state index is 0.972. The maximum absolute atomic E-state index is 5.07. The largest absolute Gasteiger partial charge is 0.253 e. The van der Waals surface area contributed by atoms with E-state index in [0.29, 0.717) is 0 Å². The molecule has 0 aliphatic rings. The number of aryl methyl sites for hydroxylation is 3. The third kappa shape index (κ3) is 5.87. The van der Waals surface area contributed by atoms with E-state index in [4.69, 9.17) is 9.98 Å². The number of benzene rings is 5. The van der Waals surface area contributed by atoms with Gasteiger partial charge in [-0.2, -0.15) is 0 Å². The summed E-state index contributed by atoms with van der Waals surface area (Å²) in [5, 5.41) is 0. The standard InChI is InChI=1S/C38H36N2/c1-6-30-15-9-12-18-38(30)39-28(4)31-19-21-32(22-20-31)33-23-24-35(34-16-10-7-13-26(34)2)36(25-33)29(5)40-37-17-11-8-14-27(37)3/h7-25H,6H2,1-5H3. The smallest absolute Gasteiger partial charge is 0.0664 e. The van der Waals surface area contributed by atoms with Gasteiger partial charge in [0.25, 0.3) is 0 Å². The van der Waals surface area contributed by atoms with E-state index in [1.807, 2.05) is 6.07 Å². The van der Waals surface area contributed by atoms with Gasteiger partial charge in [0.15, 0.2) is 0 Å². The molecule has 0 saturated carbocycles. The Kier molecular flexibility index (Phi) is 8.17. The first-order valence-corrected chi connectivity index (χ1v) is 14.0. The van der Waals surface area contributed by atoms with Gasteiger partial charge in [-0.15, -0.1) is 0 Å². The summed E-state index contributed by atoms with van der Waals surface area (Å²) in [6.07, 6.45) is 0.972. The van der Waals surface area contributed by atoms with Gasteiger partial charge in [0.05, 0.1) is 11.4 Å². The van der Waals surface area contributed by atoms with Crippen LogP contribution in [0.3, 0.4) is 0 Å². The van der Waals surface area contributed by atoms with Gasteiger partial charge in [-0.3, -0.25) is 9.98 Å². The molecule has 2 heteroatoms. The van der Waals surface area contributed by atoms with E-state index < -0.39 is 0 Å². The van der Waals surface area contributed by atoms with E-state index in [9.17, 15) is 0 Å². The quantitative estimate of drug-likeness (QED) is 0.191. The van der Waals surface area contributed by atoms with Crippen molar-refractivity contribution in [1.29, 1.82) is 0 Å². The molecule has 40 heavy (non-hydrogen) atoms.